The largest absolute Gasteiger partial charge is 0.294 e. The molecule has 4 aromatic rings. The molecule has 0 radical (unpaired) electrons. The number of benzene rings is 2. The summed E-state index contributed by atoms with van der Waals surface area (Å²) in [7, 11) is -3.11. The van der Waals surface area contributed by atoms with Crippen LogP contribution in [0.1, 0.15) is 30.1 Å². The third-order valence-corrected chi connectivity index (χ3v) is 8.58. The highest BCUT2D eigenvalue weighted by Crippen LogP contribution is 2.38. The summed E-state index contributed by atoms with van der Waals surface area (Å²) in [5, 5.41) is 1.39. The van der Waals surface area contributed by atoms with E-state index in [2.05, 4.69) is 9.97 Å². The lowest BCUT2D eigenvalue weighted by Gasteiger charge is -2.20. The second-order valence-corrected chi connectivity index (χ2v) is 11.7. The van der Waals surface area contributed by atoms with Crippen molar-refractivity contribution in [1.29, 1.82) is 0 Å². The van der Waals surface area contributed by atoms with E-state index >= 15 is 0 Å². The van der Waals surface area contributed by atoms with Gasteiger partial charge >= 0.3 is 0 Å². The van der Waals surface area contributed by atoms with Crippen LogP contribution in [-0.4, -0.2) is 40.2 Å². The number of ketones is 1. The molecule has 6 nitrogen and oxygen atoms in total. The van der Waals surface area contributed by atoms with E-state index in [9.17, 15) is 17.6 Å². The molecule has 34 heavy (non-hydrogen) atoms. The van der Waals surface area contributed by atoms with Crippen molar-refractivity contribution < 1.29 is 17.6 Å². The van der Waals surface area contributed by atoms with Gasteiger partial charge in [0.2, 0.25) is 5.95 Å². The van der Waals surface area contributed by atoms with Gasteiger partial charge in [-0.1, -0.05) is 48.9 Å². The lowest BCUT2D eigenvalue weighted by atomic mass is 9.83. The predicted octanol–water partition coefficient (Wildman–Crippen LogP) is 5.28. The zero-order valence-corrected chi connectivity index (χ0v) is 19.9. The van der Waals surface area contributed by atoms with E-state index in [1.807, 2.05) is 37.4 Å². The molecule has 1 fully saturated rings. The molecular formula is C25H21ClFN3O3S. The molecule has 1 saturated heterocycles. The Morgan fingerprint density at radius 2 is 1.88 bits per heavy atom. The molecule has 2 aromatic heterocycles. The van der Waals surface area contributed by atoms with Crippen LogP contribution in [0.4, 0.5) is 4.39 Å². The Balaban J connectivity index is 1.62. The Kier molecular flexibility index (Phi) is 5.53. The summed E-state index contributed by atoms with van der Waals surface area (Å²) < 4.78 is 39.1. The lowest BCUT2D eigenvalue weighted by Crippen LogP contribution is -2.22. The fourth-order valence-corrected chi connectivity index (χ4v) is 7.09. The first-order chi connectivity index (χ1) is 16.1. The van der Waals surface area contributed by atoms with Crippen LogP contribution in [0.5, 0.6) is 0 Å². The highest BCUT2D eigenvalue weighted by atomic mass is 35.5. The van der Waals surface area contributed by atoms with Gasteiger partial charge in [0.25, 0.3) is 0 Å². The van der Waals surface area contributed by atoms with Crippen LogP contribution >= 0.6 is 11.6 Å². The minimum Gasteiger partial charge on any atom is -0.294 e. The Bertz CT molecular complexity index is 1530. The molecular weight excluding hydrogens is 477 g/mol. The summed E-state index contributed by atoms with van der Waals surface area (Å²) in [6.45, 7) is 1.85. The molecule has 0 aliphatic carbocycles. The normalized spacial score (nSPS) is 19.5. The third kappa shape index (κ3) is 4.23. The van der Waals surface area contributed by atoms with Crippen LogP contribution in [0, 0.1) is 11.2 Å². The molecule has 9 heteroatoms. The number of carbonyl (C=O) groups excluding carboxylic acids is 1. The number of Topliss-reactive ketones (excluding diaryl/α,β-unsaturated/α-hetero) is 1. The van der Waals surface area contributed by atoms with Crippen molar-refractivity contribution in [2.45, 2.75) is 19.8 Å². The Hall–Kier alpha value is -3.10. The maximum atomic E-state index is 13.5. The molecule has 0 saturated carbocycles. The lowest BCUT2D eigenvalue weighted by molar-refractivity contribution is 0.0934. The highest BCUT2D eigenvalue weighted by Gasteiger charge is 2.39. The molecule has 174 valence electrons. The van der Waals surface area contributed by atoms with Gasteiger partial charge in [0.05, 0.1) is 29.4 Å². The minimum absolute atomic E-state index is 0.0183. The van der Waals surface area contributed by atoms with Crippen molar-refractivity contribution in [2.24, 2.45) is 5.41 Å². The van der Waals surface area contributed by atoms with Gasteiger partial charge in [-0.3, -0.25) is 9.36 Å². The van der Waals surface area contributed by atoms with Gasteiger partial charge in [0, 0.05) is 39.7 Å². The number of sulfone groups is 1. The first-order valence-corrected chi connectivity index (χ1v) is 13.0. The maximum Gasteiger partial charge on any atom is 0.234 e. The summed E-state index contributed by atoms with van der Waals surface area (Å²) in [4.78, 5) is 21.4. The number of carbonyl (C=O) groups is 1. The Morgan fingerprint density at radius 1 is 1.15 bits per heavy atom. The molecule has 0 spiro atoms. The standard InChI is InChI=1S/C25H21ClFN3O3S/c1-25(8-9-34(32,33)15-25)11-23(31)16-6-7-19-20(18-4-2-3-5-21(18)26)14-30(22(19)10-16)24-28-12-17(27)13-29-24/h2-7,10,12-14H,8-9,11,15H2,1H3. The number of halogens is 2. The van der Waals surface area contributed by atoms with E-state index in [0.29, 0.717) is 22.5 Å². The molecule has 0 amide bonds. The van der Waals surface area contributed by atoms with Crippen LogP contribution in [0.3, 0.4) is 0 Å². The summed E-state index contributed by atoms with van der Waals surface area (Å²) >= 11 is 6.46. The second kappa shape index (κ2) is 8.29. The van der Waals surface area contributed by atoms with E-state index in [1.54, 1.807) is 22.8 Å². The molecule has 5 rings (SSSR count). The highest BCUT2D eigenvalue weighted by molar-refractivity contribution is 7.91. The number of rotatable bonds is 5. The van der Waals surface area contributed by atoms with Crippen LogP contribution in [0.25, 0.3) is 28.0 Å². The van der Waals surface area contributed by atoms with Crippen LogP contribution in [0.2, 0.25) is 5.02 Å². The average Bonchev–Trinajstić information content (AvgIpc) is 3.30. The summed E-state index contributed by atoms with van der Waals surface area (Å²) in [5.41, 5.74) is 2.18. The third-order valence-electron chi connectivity index (χ3n) is 6.29. The summed E-state index contributed by atoms with van der Waals surface area (Å²) in [6, 6.07) is 12.7. The summed E-state index contributed by atoms with van der Waals surface area (Å²) in [6.07, 6.45) is 4.60. The van der Waals surface area contributed by atoms with E-state index in [0.717, 1.165) is 28.9 Å². The van der Waals surface area contributed by atoms with Gasteiger partial charge in [-0.25, -0.2) is 22.8 Å². The van der Waals surface area contributed by atoms with Crippen LogP contribution in [-0.2, 0) is 9.84 Å². The minimum atomic E-state index is -3.11. The SMILES string of the molecule is CC1(CC(=O)c2ccc3c(-c4ccccc4Cl)cn(-c4ncc(F)cn4)c3c2)CCS(=O)(=O)C1. The maximum absolute atomic E-state index is 13.5. The smallest absolute Gasteiger partial charge is 0.234 e. The monoisotopic (exact) mass is 497 g/mol. The van der Waals surface area contributed by atoms with Crippen LogP contribution in [0.15, 0.2) is 61.1 Å². The number of hydrogen-bond acceptors (Lipinski definition) is 5. The van der Waals surface area contributed by atoms with Crippen molar-refractivity contribution in [3.8, 4) is 17.1 Å². The predicted molar refractivity (Wildman–Crippen MR) is 130 cm³/mol. The van der Waals surface area contributed by atoms with Gasteiger partial charge in [0.1, 0.15) is 0 Å². The molecule has 1 unspecified atom stereocenters. The van der Waals surface area contributed by atoms with Crippen molar-refractivity contribution in [1.82, 2.24) is 14.5 Å². The zero-order valence-electron chi connectivity index (χ0n) is 18.3. The van der Waals surface area contributed by atoms with Gasteiger partial charge in [-0.2, -0.15) is 0 Å². The summed E-state index contributed by atoms with van der Waals surface area (Å²) in [5.74, 6) is -0.300. The van der Waals surface area contributed by atoms with Crippen LogP contribution < -0.4 is 0 Å². The van der Waals surface area contributed by atoms with Gasteiger partial charge in [-0.05, 0) is 24.0 Å². The van der Waals surface area contributed by atoms with Crippen molar-refractivity contribution in [2.75, 3.05) is 11.5 Å². The van der Waals surface area contributed by atoms with Crippen molar-refractivity contribution in [3.63, 3.8) is 0 Å². The van der Waals surface area contributed by atoms with Crippen molar-refractivity contribution >= 4 is 38.1 Å². The zero-order chi connectivity index (χ0) is 24.1. The Labute approximate surface area is 201 Å². The number of hydrogen-bond donors (Lipinski definition) is 0. The van der Waals surface area contributed by atoms with E-state index in [1.165, 1.54) is 0 Å². The Morgan fingerprint density at radius 3 is 2.56 bits per heavy atom. The van der Waals surface area contributed by atoms with Gasteiger partial charge < -0.3 is 0 Å². The average molecular weight is 498 g/mol. The van der Waals surface area contributed by atoms with E-state index in [4.69, 9.17) is 11.6 Å². The molecule has 2 aromatic carbocycles. The molecule has 1 atom stereocenters. The fraction of sp³-hybridized carbons (Fsp3) is 0.240. The van der Waals surface area contributed by atoms with E-state index in [-0.39, 0.29) is 29.7 Å². The molecule has 1 aliphatic heterocycles. The quantitative estimate of drug-likeness (QED) is 0.350. The number of aromatic nitrogens is 3. The number of fused-ring (bicyclic) bond motifs is 1. The van der Waals surface area contributed by atoms with E-state index < -0.39 is 21.1 Å². The first kappa shape index (κ1) is 22.7. The molecule has 3 heterocycles. The molecule has 1 aliphatic rings. The fourth-order valence-electron chi connectivity index (χ4n) is 4.60. The van der Waals surface area contributed by atoms with Crippen molar-refractivity contribution in [3.05, 3.63) is 77.5 Å². The number of nitrogens with zero attached hydrogens (tertiary/aromatic N) is 3. The molecule has 0 N–H and O–H groups in total. The topological polar surface area (TPSA) is 81.9 Å². The first-order valence-electron chi connectivity index (χ1n) is 10.8. The van der Waals surface area contributed by atoms with Gasteiger partial charge in [-0.15, -0.1) is 0 Å². The second-order valence-electron chi connectivity index (χ2n) is 9.08. The van der Waals surface area contributed by atoms with Gasteiger partial charge in [0.15, 0.2) is 21.4 Å². The molecule has 0 bridgehead atoms.